The van der Waals surface area contributed by atoms with Crippen LogP contribution in [0.2, 0.25) is 0 Å². The van der Waals surface area contributed by atoms with Crippen LogP contribution in [0.25, 0.3) is 10.9 Å². The summed E-state index contributed by atoms with van der Waals surface area (Å²) in [5, 5.41) is 1.21. The standard InChI is InChI=1S/C19H19N3/c1-2-13-22(15-17-7-5-6-11-20-17)14-16-10-12-21-19-9-4-3-8-18(16)19/h2-12H,1,13-15H2. The van der Waals surface area contributed by atoms with Gasteiger partial charge in [-0.1, -0.05) is 30.3 Å². The van der Waals surface area contributed by atoms with E-state index in [1.165, 1.54) is 10.9 Å². The van der Waals surface area contributed by atoms with Crippen LogP contribution >= 0.6 is 0 Å². The van der Waals surface area contributed by atoms with E-state index >= 15 is 0 Å². The van der Waals surface area contributed by atoms with Crippen LogP contribution in [0.4, 0.5) is 0 Å². The molecule has 0 saturated heterocycles. The van der Waals surface area contributed by atoms with Crippen molar-refractivity contribution in [2.75, 3.05) is 6.54 Å². The smallest absolute Gasteiger partial charge is 0.0705 e. The van der Waals surface area contributed by atoms with Crippen molar-refractivity contribution in [3.05, 3.63) is 84.8 Å². The number of fused-ring (bicyclic) bond motifs is 1. The van der Waals surface area contributed by atoms with Crippen molar-refractivity contribution in [2.24, 2.45) is 0 Å². The number of rotatable bonds is 6. The van der Waals surface area contributed by atoms with Gasteiger partial charge in [0.25, 0.3) is 0 Å². The van der Waals surface area contributed by atoms with E-state index in [1.807, 2.05) is 36.7 Å². The molecule has 1 aromatic carbocycles. The monoisotopic (exact) mass is 289 g/mol. The first-order chi connectivity index (χ1) is 10.9. The molecule has 0 atom stereocenters. The van der Waals surface area contributed by atoms with E-state index in [2.05, 4.69) is 51.8 Å². The summed E-state index contributed by atoms with van der Waals surface area (Å²) >= 11 is 0. The van der Waals surface area contributed by atoms with Gasteiger partial charge in [-0.2, -0.15) is 0 Å². The number of hydrogen-bond donors (Lipinski definition) is 0. The first kappa shape index (κ1) is 14.4. The molecule has 0 aliphatic rings. The number of nitrogens with zero attached hydrogens (tertiary/aromatic N) is 3. The summed E-state index contributed by atoms with van der Waals surface area (Å²) < 4.78 is 0. The third kappa shape index (κ3) is 3.38. The summed E-state index contributed by atoms with van der Waals surface area (Å²) in [6.07, 6.45) is 5.65. The molecular weight excluding hydrogens is 270 g/mol. The minimum Gasteiger partial charge on any atom is -0.290 e. The van der Waals surface area contributed by atoms with Crippen molar-refractivity contribution in [3.8, 4) is 0 Å². The molecule has 0 radical (unpaired) electrons. The summed E-state index contributed by atoms with van der Waals surface area (Å²) in [4.78, 5) is 11.2. The van der Waals surface area contributed by atoms with Crippen LogP contribution in [0.3, 0.4) is 0 Å². The SMILES string of the molecule is C=CCN(Cc1ccccn1)Cc1ccnc2ccccc12. The van der Waals surface area contributed by atoms with Gasteiger partial charge < -0.3 is 0 Å². The number of aromatic nitrogens is 2. The van der Waals surface area contributed by atoms with Gasteiger partial charge >= 0.3 is 0 Å². The molecule has 0 unspecified atom stereocenters. The van der Waals surface area contributed by atoms with Gasteiger partial charge in [0.15, 0.2) is 0 Å². The topological polar surface area (TPSA) is 29.0 Å². The summed E-state index contributed by atoms with van der Waals surface area (Å²) in [5.41, 5.74) is 3.39. The highest BCUT2D eigenvalue weighted by Crippen LogP contribution is 2.18. The maximum atomic E-state index is 4.43. The molecule has 3 rings (SSSR count). The Bertz CT molecular complexity index is 747. The van der Waals surface area contributed by atoms with E-state index in [9.17, 15) is 0 Å². The Morgan fingerprint density at radius 3 is 2.59 bits per heavy atom. The Kier molecular flexibility index (Phi) is 4.56. The van der Waals surface area contributed by atoms with Gasteiger partial charge in [0, 0.05) is 37.4 Å². The molecule has 0 amide bonds. The van der Waals surface area contributed by atoms with Crippen molar-refractivity contribution in [3.63, 3.8) is 0 Å². The number of hydrogen-bond acceptors (Lipinski definition) is 3. The summed E-state index contributed by atoms with van der Waals surface area (Å²) in [5.74, 6) is 0. The van der Waals surface area contributed by atoms with Crippen LogP contribution < -0.4 is 0 Å². The van der Waals surface area contributed by atoms with Gasteiger partial charge in [-0.05, 0) is 29.8 Å². The van der Waals surface area contributed by atoms with Crippen LogP contribution in [-0.2, 0) is 13.1 Å². The van der Waals surface area contributed by atoms with Crippen molar-refractivity contribution in [1.82, 2.24) is 14.9 Å². The minimum absolute atomic E-state index is 0.809. The molecule has 0 bridgehead atoms. The molecular formula is C19H19N3. The lowest BCUT2D eigenvalue weighted by Gasteiger charge is -2.21. The summed E-state index contributed by atoms with van der Waals surface area (Å²) in [6, 6.07) is 16.4. The average molecular weight is 289 g/mol. The zero-order valence-corrected chi connectivity index (χ0v) is 12.5. The largest absolute Gasteiger partial charge is 0.290 e. The zero-order chi connectivity index (χ0) is 15.2. The first-order valence-corrected chi connectivity index (χ1v) is 7.42. The van der Waals surface area contributed by atoms with Gasteiger partial charge in [-0.3, -0.25) is 14.9 Å². The maximum absolute atomic E-state index is 4.43. The fourth-order valence-electron chi connectivity index (χ4n) is 2.62. The second-order valence-electron chi connectivity index (χ2n) is 5.27. The lowest BCUT2D eigenvalue weighted by atomic mass is 10.1. The number of para-hydroxylation sites is 1. The van der Waals surface area contributed by atoms with Crippen LogP contribution in [0.1, 0.15) is 11.3 Å². The molecule has 2 heterocycles. The Labute approximate surface area is 131 Å². The molecule has 0 fully saturated rings. The van der Waals surface area contributed by atoms with E-state index in [0.717, 1.165) is 30.8 Å². The third-order valence-electron chi connectivity index (χ3n) is 3.63. The van der Waals surface area contributed by atoms with Gasteiger partial charge in [-0.15, -0.1) is 6.58 Å². The molecule has 0 saturated carbocycles. The highest BCUT2D eigenvalue weighted by molar-refractivity contribution is 5.81. The zero-order valence-electron chi connectivity index (χ0n) is 12.5. The van der Waals surface area contributed by atoms with Crippen LogP contribution in [0, 0.1) is 0 Å². The van der Waals surface area contributed by atoms with Crippen LogP contribution in [0.5, 0.6) is 0 Å². The molecule has 0 spiro atoms. The average Bonchev–Trinajstić information content (AvgIpc) is 2.56. The molecule has 3 aromatic rings. The normalized spacial score (nSPS) is 11.0. The Hall–Kier alpha value is -2.52. The van der Waals surface area contributed by atoms with Gasteiger partial charge in [0.1, 0.15) is 0 Å². The van der Waals surface area contributed by atoms with E-state index in [0.29, 0.717) is 0 Å². The molecule has 3 nitrogen and oxygen atoms in total. The first-order valence-electron chi connectivity index (χ1n) is 7.42. The lowest BCUT2D eigenvalue weighted by Crippen LogP contribution is -2.23. The Morgan fingerprint density at radius 2 is 1.77 bits per heavy atom. The second kappa shape index (κ2) is 6.96. The third-order valence-corrected chi connectivity index (χ3v) is 3.63. The predicted molar refractivity (Wildman–Crippen MR) is 90.3 cm³/mol. The molecule has 0 aliphatic carbocycles. The van der Waals surface area contributed by atoms with Gasteiger partial charge in [0.2, 0.25) is 0 Å². The molecule has 0 aliphatic heterocycles. The highest BCUT2D eigenvalue weighted by Gasteiger charge is 2.09. The van der Waals surface area contributed by atoms with Crippen molar-refractivity contribution < 1.29 is 0 Å². The van der Waals surface area contributed by atoms with Crippen LogP contribution in [0.15, 0.2) is 73.6 Å². The Morgan fingerprint density at radius 1 is 0.909 bits per heavy atom. The van der Waals surface area contributed by atoms with E-state index in [4.69, 9.17) is 0 Å². The highest BCUT2D eigenvalue weighted by atomic mass is 15.1. The molecule has 22 heavy (non-hydrogen) atoms. The summed E-state index contributed by atoms with van der Waals surface area (Å²) in [7, 11) is 0. The van der Waals surface area contributed by atoms with Crippen molar-refractivity contribution >= 4 is 10.9 Å². The maximum Gasteiger partial charge on any atom is 0.0705 e. The van der Waals surface area contributed by atoms with Crippen molar-refractivity contribution in [2.45, 2.75) is 13.1 Å². The van der Waals surface area contributed by atoms with E-state index in [1.54, 1.807) is 0 Å². The minimum atomic E-state index is 0.809. The van der Waals surface area contributed by atoms with E-state index in [-0.39, 0.29) is 0 Å². The number of benzene rings is 1. The second-order valence-corrected chi connectivity index (χ2v) is 5.27. The quantitative estimate of drug-likeness (QED) is 0.646. The molecule has 2 aromatic heterocycles. The van der Waals surface area contributed by atoms with Crippen molar-refractivity contribution in [1.29, 1.82) is 0 Å². The van der Waals surface area contributed by atoms with Crippen LogP contribution in [-0.4, -0.2) is 21.4 Å². The predicted octanol–water partition coefficient (Wildman–Crippen LogP) is 3.82. The Balaban J connectivity index is 1.85. The molecule has 3 heteroatoms. The summed E-state index contributed by atoms with van der Waals surface area (Å²) in [6.45, 7) is 6.36. The fraction of sp³-hybridized carbons (Fsp3) is 0.158. The molecule has 110 valence electrons. The molecule has 0 N–H and O–H groups in total. The number of pyridine rings is 2. The fourth-order valence-corrected chi connectivity index (χ4v) is 2.62. The van der Waals surface area contributed by atoms with E-state index < -0.39 is 0 Å². The van der Waals surface area contributed by atoms with Gasteiger partial charge in [-0.25, -0.2) is 0 Å². The van der Waals surface area contributed by atoms with Gasteiger partial charge in [0.05, 0.1) is 11.2 Å². The lowest BCUT2D eigenvalue weighted by molar-refractivity contribution is 0.283.